The summed E-state index contributed by atoms with van der Waals surface area (Å²) in [5.41, 5.74) is -1.89. The lowest BCUT2D eigenvalue weighted by molar-refractivity contribution is 0.0417. The van der Waals surface area contributed by atoms with Crippen LogP contribution in [0.1, 0.15) is 39.7 Å². The normalized spacial score (nSPS) is 20.6. The van der Waals surface area contributed by atoms with Crippen molar-refractivity contribution in [2.45, 2.75) is 57.4 Å². The number of rotatable bonds is 5. The largest absolute Gasteiger partial charge is 0.492 e. The molecule has 2 aliphatic rings. The summed E-state index contributed by atoms with van der Waals surface area (Å²) in [7, 11) is 2.86. The van der Waals surface area contributed by atoms with Gasteiger partial charge in [-0.3, -0.25) is 9.36 Å². The lowest BCUT2D eigenvalue weighted by Crippen LogP contribution is -2.45. The SMILES string of the molecule is COc1c(N2CC(NC(=O)OC(C)(C)C)C(OC)C2)c(F)cc2c(=O)n(N)c(=O)n(C3CC3)c12. The van der Waals surface area contributed by atoms with E-state index < -0.39 is 40.9 Å². The van der Waals surface area contributed by atoms with Gasteiger partial charge in [0.1, 0.15) is 16.8 Å². The van der Waals surface area contributed by atoms with Crippen molar-refractivity contribution in [3.05, 3.63) is 32.7 Å². The molecule has 2 fully saturated rings. The van der Waals surface area contributed by atoms with E-state index in [0.29, 0.717) is 4.68 Å². The molecular weight excluding hydrogens is 449 g/mol. The third-order valence-corrected chi connectivity index (χ3v) is 5.99. The Morgan fingerprint density at radius 3 is 2.44 bits per heavy atom. The minimum atomic E-state index is -0.804. The van der Waals surface area contributed by atoms with E-state index in [0.717, 1.165) is 18.9 Å². The second kappa shape index (κ2) is 8.49. The van der Waals surface area contributed by atoms with Crippen molar-refractivity contribution in [2.24, 2.45) is 0 Å². The summed E-state index contributed by atoms with van der Waals surface area (Å²) in [5.74, 6) is 5.04. The van der Waals surface area contributed by atoms with Crippen LogP contribution >= 0.6 is 0 Å². The number of fused-ring (bicyclic) bond motifs is 1. The molecule has 0 radical (unpaired) electrons. The Labute approximate surface area is 195 Å². The molecule has 11 nitrogen and oxygen atoms in total. The lowest BCUT2D eigenvalue weighted by Gasteiger charge is -2.25. The Hall–Kier alpha value is -3.28. The van der Waals surface area contributed by atoms with Gasteiger partial charge in [-0.15, -0.1) is 0 Å². The summed E-state index contributed by atoms with van der Waals surface area (Å²) in [4.78, 5) is 39.5. The Kier molecular flexibility index (Phi) is 5.96. The number of alkyl carbamates (subject to hydrolysis) is 1. The molecule has 2 heterocycles. The van der Waals surface area contributed by atoms with Crippen LogP contribution in [0.5, 0.6) is 5.75 Å². The molecule has 34 heavy (non-hydrogen) atoms. The van der Waals surface area contributed by atoms with E-state index >= 15 is 4.39 Å². The van der Waals surface area contributed by atoms with Gasteiger partial charge in [0.15, 0.2) is 11.6 Å². The summed E-state index contributed by atoms with van der Waals surface area (Å²) in [6, 6.07) is 0.431. The number of hydrogen-bond donors (Lipinski definition) is 2. The molecule has 2 unspecified atom stereocenters. The number of hydrogen-bond acceptors (Lipinski definition) is 8. The van der Waals surface area contributed by atoms with Crippen LogP contribution in [-0.2, 0) is 9.47 Å². The minimum absolute atomic E-state index is 0.0435. The van der Waals surface area contributed by atoms with Gasteiger partial charge in [0.05, 0.1) is 24.6 Å². The number of anilines is 1. The summed E-state index contributed by atoms with van der Waals surface area (Å²) < 4.78 is 33.8. The highest BCUT2D eigenvalue weighted by Crippen LogP contribution is 2.43. The van der Waals surface area contributed by atoms with Gasteiger partial charge in [-0.1, -0.05) is 0 Å². The zero-order valence-corrected chi connectivity index (χ0v) is 19.9. The van der Waals surface area contributed by atoms with E-state index in [-0.39, 0.29) is 41.5 Å². The average molecular weight is 480 g/mol. The third-order valence-electron chi connectivity index (χ3n) is 5.99. The fourth-order valence-electron chi connectivity index (χ4n) is 4.39. The van der Waals surface area contributed by atoms with E-state index in [9.17, 15) is 14.4 Å². The van der Waals surface area contributed by atoms with Crippen LogP contribution in [0, 0.1) is 5.82 Å². The molecule has 1 saturated heterocycles. The van der Waals surface area contributed by atoms with Crippen molar-refractivity contribution < 1.29 is 23.4 Å². The van der Waals surface area contributed by atoms with Gasteiger partial charge in [-0.05, 0) is 39.7 Å². The van der Waals surface area contributed by atoms with Crippen molar-refractivity contribution in [1.29, 1.82) is 0 Å². The number of nitrogen functional groups attached to an aromatic ring is 1. The number of carbonyl (C=O) groups excluding carboxylic acids is 1. The molecular formula is C22H30FN5O6. The first kappa shape index (κ1) is 23.9. The first-order valence-electron chi connectivity index (χ1n) is 11.1. The van der Waals surface area contributed by atoms with Crippen LogP contribution in [0.15, 0.2) is 15.7 Å². The number of halogens is 1. The van der Waals surface area contributed by atoms with Gasteiger partial charge in [0.2, 0.25) is 0 Å². The zero-order chi connectivity index (χ0) is 24.9. The van der Waals surface area contributed by atoms with Crippen LogP contribution in [0.2, 0.25) is 0 Å². The van der Waals surface area contributed by atoms with E-state index in [4.69, 9.17) is 20.1 Å². The van der Waals surface area contributed by atoms with Crippen LogP contribution in [0.4, 0.5) is 14.9 Å². The Morgan fingerprint density at radius 2 is 1.88 bits per heavy atom. The second-order valence-corrected chi connectivity index (χ2v) is 9.63. The number of nitrogens with one attached hydrogen (secondary N) is 1. The number of benzene rings is 1. The first-order chi connectivity index (χ1) is 16.0. The molecule has 1 aromatic carbocycles. The lowest BCUT2D eigenvalue weighted by atomic mass is 10.1. The molecule has 2 atom stereocenters. The van der Waals surface area contributed by atoms with Crippen LogP contribution in [0.25, 0.3) is 10.9 Å². The maximum atomic E-state index is 15.5. The third kappa shape index (κ3) is 4.17. The maximum absolute atomic E-state index is 15.5. The monoisotopic (exact) mass is 479 g/mol. The fourth-order valence-corrected chi connectivity index (χ4v) is 4.39. The number of methoxy groups -OCH3 is 2. The van der Waals surface area contributed by atoms with Crippen molar-refractivity contribution in [3.63, 3.8) is 0 Å². The predicted molar refractivity (Wildman–Crippen MR) is 124 cm³/mol. The highest BCUT2D eigenvalue weighted by Gasteiger charge is 2.39. The smallest absolute Gasteiger partial charge is 0.408 e. The molecule has 1 aliphatic heterocycles. The number of nitrogens with zero attached hydrogens (tertiary/aromatic N) is 3. The summed E-state index contributed by atoms with van der Waals surface area (Å²) in [6.45, 7) is 5.69. The van der Waals surface area contributed by atoms with Gasteiger partial charge in [0.25, 0.3) is 5.56 Å². The highest BCUT2D eigenvalue weighted by atomic mass is 19.1. The number of amides is 1. The van der Waals surface area contributed by atoms with E-state index in [2.05, 4.69) is 5.32 Å². The van der Waals surface area contributed by atoms with E-state index in [1.165, 1.54) is 18.8 Å². The second-order valence-electron chi connectivity index (χ2n) is 9.63. The molecule has 12 heteroatoms. The topological polar surface area (TPSA) is 130 Å². The molecule has 0 spiro atoms. The van der Waals surface area contributed by atoms with E-state index in [1.807, 2.05) is 0 Å². The Balaban J connectivity index is 1.79. The molecule has 1 amide bonds. The van der Waals surface area contributed by atoms with E-state index in [1.54, 1.807) is 25.7 Å². The maximum Gasteiger partial charge on any atom is 0.408 e. The average Bonchev–Trinajstić information content (AvgIpc) is 3.51. The summed E-state index contributed by atoms with van der Waals surface area (Å²) >= 11 is 0. The van der Waals surface area contributed by atoms with Gasteiger partial charge in [-0.2, -0.15) is 4.68 Å². The Bertz CT molecular complexity index is 1250. The standard InChI is InChI=1S/C22H30FN5O6/c1-22(2,3)34-20(30)25-14-9-26(10-15(14)32-4)17-13(23)8-12-16(18(17)33-5)27(11-6-7-11)21(31)28(24)19(12)29/h8,11,14-15H,6-7,9-10,24H2,1-5H3,(H,25,30). The van der Waals surface area contributed by atoms with Gasteiger partial charge in [-0.25, -0.2) is 14.0 Å². The molecule has 186 valence electrons. The predicted octanol–water partition coefficient (Wildman–Crippen LogP) is 1.09. The fraction of sp³-hybridized carbons (Fsp3) is 0.591. The first-order valence-corrected chi connectivity index (χ1v) is 11.1. The number of ether oxygens (including phenoxy) is 3. The quantitative estimate of drug-likeness (QED) is 0.610. The summed E-state index contributed by atoms with van der Waals surface area (Å²) in [6.07, 6.45) is 0.398. The minimum Gasteiger partial charge on any atom is -0.492 e. The molecule has 1 aliphatic carbocycles. The summed E-state index contributed by atoms with van der Waals surface area (Å²) in [5, 5.41) is 2.74. The van der Waals surface area contributed by atoms with Crippen molar-refractivity contribution in [1.82, 2.24) is 14.6 Å². The molecule has 1 saturated carbocycles. The number of aromatic nitrogens is 2. The highest BCUT2D eigenvalue weighted by molar-refractivity contribution is 5.91. The van der Waals surface area contributed by atoms with Gasteiger partial charge < -0.3 is 30.3 Å². The van der Waals surface area contributed by atoms with Crippen molar-refractivity contribution in [2.75, 3.05) is 38.1 Å². The Morgan fingerprint density at radius 1 is 1.21 bits per heavy atom. The number of nitrogens with two attached hydrogens (primary N) is 1. The van der Waals surface area contributed by atoms with Crippen LogP contribution in [0.3, 0.4) is 0 Å². The number of carbonyl (C=O) groups is 1. The molecule has 3 N–H and O–H groups in total. The van der Waals surface area contributed by atoms with Crippen molar-refractivity contribution in [3.8, 4) is 5.75 Å². The van der Waals surface area contributed by atoms with Gasteiger partial charge >= 0.3 is 11.8 Å². The molecule has 2 aromatic rings. The zero-order valence-electron chi connectivity index (χ0n) is 19.9. The van der Waals surface area contributed by atoms with Crippen LogP contribution < -0.4 is 32.0 Å². The van der Waals surface area contributed by atoms with Gasteiger partial charge in [0, 0.05) is 26.2 Å². The van der Waals surface area contributed by atoms with Crippen LogP contribution in [-0.4, -0.2) is 60.4 Å². The molecule has 4 rings (SSSR count). The molecule has 0 bridgehead atoms. The molecule has 1 aromatic heterocycles. The van der Waals surface area contributed by atoms with Crippen molar-refractivity contribution >= 4 is 22.7 Å².